The Bertz CT molecular complexity index is 793. The normalized spacial score (nSPS) is 13.5. The van der Waals surface area contributed by atoms with E-state index in [1.54, 1.807) is 37.5 Å². The molecule has 0 radical (unpaired) electrons. The summed E-state index contributed by atoms with van der Waals surface area (Å²) in [7, 11) is 1.60. The van der Waals surface area contributed by atoms with Crippen molar-refractivity contribution in [2.24, 2.45) is 0 Å². The fourth-order valence-electron chi connectivity index (χ4n) is 2.30. The minimum atomic E-state index is -0.238. The number of carbonyl (C=O) groups is 2. The van der Waals surface area contributed by atoms with Gasteiger partial charge >= 0.3 is 0 Å². The second-order valence-corrected chi connectivity index (χ2v) is 5.92. The van der Waals surface area contributed by atoms with Crippen LogP contribution in [0.4, 0.5) is 5.69 Å². The van der Waals surface area contributed by atoms with Crippen molar-refractivity contribution in [2.75, 3.05) is 12.4 Å². The van der Waals surface area contributed by atoms with E-state index < -0.39 is 0 Å². The SMILES string of the molecule is COc1cccc(/C=C/C(=O)Nc2ccc(C(=O)NC3CC3)cc2)c1. The first kappa shape index (κ1) is 16.8. The molecule has 0 heterocycles. The van der Waals surface area contributed by atoms with E-state index in [4.69, 9.17) is 4.74 Å². The van der Waals surface area contributed by atoms with Crippen LogP contribution in [0.3, 0.4) is 0 Å². The highest BCUT2D eigenvalue weighted by Gasteiger charge is 2.23. The van der Waals surface area contributed by atoms with Crippen LogP contribution in [0.15, 0.2) is 54.6 Å². The van der Waals surface area contributed by atoms with Crippen LogP contribution in [-0.4, -0.2) is 25.0 Å². The van der Waals surface area contributed by atoms with Gasteiger partial charge in [-0.05, 0) is 60.9 Å². The van der Waals surface area contributed by atoms with Crippen LogP contribution in [0, 0.1) is 0 Å². The summed E-state index contributed by atoms with van der Waals surface area (Å²) in [4.78, 5) is 23.9. The van der Waals surface area contributed by atoms with Gasteiger partial charge in [-0.3, -0.25) is 9.59 Å². The number of anilines is 1. The van der Waals surface area contributed by atoms with Crippen molar-refractivity contribution in [3.63, 3.8) is 0 Å². The van der Waals surface area contributed by atoms with Crippen molar-refractivity contribution in [3.8, 4) is 5.75 Å². The van der Waals surface area contributed by atoms with Gasteiger partial charge in [0.1, 0.15) is 5.75 Å². The lowest BCUT2D eigenvalue weighted by molar-refractivity contribution is -0.111. The summed E-state index contributed by atoms with van der Waals surface area (Å²) < 4.78 is 5.15. The minimum Gasteiger partial charge on any atom is -0.497 e. The Balaban J connectivity index is 1.56. The van der Waals surface area contributed by atoms with Gasteiger partial charge in [-0.1, -0.05) is 12.1 Å². The zero-order chi connectivity index (χ0) is 17.6. The molecule has 0 unspecified atom stereocenters. The molecular formula is C20H20N2O3. The fourth-order valence-corrected chi connectivity index (χ4v) is 2.30. The molecule has 2 aromatic rings. The van der Waals surface area contributed by atoms with Crippen LogP contribution < -0.4 is 15.4 Å². The Kier molecular flexibility index (Phi) is 5.14. The topological polar surface area (TPSA) is 67.4 Å². The Morgan fingerprint density at radius 3 is 2.56 bits per heavy atom. The summed E-state index contributed by atoms with van der Waals surface area (Å²) in [5, 5.41) is 5.70. The van der Waals surface area contributed by atoms with E-state index in [-0.39, 0.29) is 11.8 Å². The van der Waals surface area contributed by atoms with Crippen molar-refractivity contribution in [1.29, 1.82) is 0 Å². The molecule has 1 fully saturated rings. The molecule has 0 bridgehead atoms. The first-order valence-corrected chi connectivity index (χ1v) is 8.18. The number of methoxy groups -OCH3 is 1. The van der Waals surface area contributed by atoms with Crippen molar-refractivity contribution in [2.45, 2.75) is 18.9 Å². The van der Waals surface area contributed by atoms with Gasteiger partial charge in [0.2, 0.25) is 5.91 Å². The molecule has 0 aliphatic heterocycles. The number of carbonyl (C=O) groups excluding carboxylic acids is 2. The van der Waals surface area contributed by atoms with E-state index in [2.05, 4.69) is 10.6 Å². The van der Waals surface area contributed by atoms with Gasteiger partial charge < -0.3 is 15.4 Å². The monoisotopic (exact) mass is 336 g/mol. The minimum absolute atomic E-state index is 0.0710. The molecule has 2 amide bonds. The van der Waals surface area contributed by atoms with Gasteiger partial charge in [0, 0.05) is 23.4 Å². The zero-order valence-corrected chi connectivity index (χ0v) is 14.0. The zero-order valence-electron chi connectivity index (χ0n) is 14.0. The first-order chi connectivity index (χ1) is 12.1. The van der Waals surface area contributed by atoms with Gasteiger partial charge in [0.25, 0.3) is 5.91 Å². The van der Waals surface area contributed by atoms with Gasteiger partial charge in [-0.25, -0.2) is 0 Å². The molecule has 2 N–H and O–H groups in total. The summed E-state index contributed by atoms with van der Waals surface area (Å²) in [6, 6.07) is 14.6. The van der Waals surface area contributed by atoms with Crippen molar-refractivity contribution in [1.82, 2.24) is 5.32 Å². The van der Waals surface area contributed by atoms with Gasteiger partial charge in [-0.2, -0.15) is 0 Å². The van der Waals surface area contributed by atoms with Crippen LogP contribution in [0.2, 0.25) is 0 Å². The Morgan fingerprint density at radius 1 is 1.12 bits per heavy atom. The maximum absolute atomic E-state index is 12.0. The summed E-state index contributed by atoms with van der Waals surface area (Å²) in [5.41, 5.74) is 2.11. The average Bonchev–Trinajstić information content (AvgIpc) is 3.44. The lowest BCUT2D eigenvalue weighted by atomic mass is 10.2. The summed E-state index contributed by atoms with van der Waals surface area (Å²) in [5.74, 6) is 0.430. The van der Waals surface area contributed by atoms with E-state index in [1.807, 2.05) is 24.3 Å². The van der Waals surface area contributed by atoms with Crippen molar-refractivity contribution in [3.05, 3.63) is 65.7 Å². The van der Waals surface area contributed by atoms with Crippen LogP contribution in [-0.2, 0) is 4.79 Å². The van der Waals surface area contributed by atoms with Crippen LogP contribution >= 0.6 is 0 Å². The molecule has 0 saturated heterocycles. The molecule has 1 saturated carbocycles. The number of hydrogen-bond acceptors (Lipinski definition) is 3. The Morgan fingerprint density at radius 2 is 1.88 bits per heavy atom. The number of rotatable bonds is 6. The second kappa shape index (κ2) is 7.66. The predicted molar refractivity (Wildman–Crippen MR) is 97.6 cm³/mol. The number of amides is 2. The highest BCUT2D eigenvalue weighted by Crippen LogP contribution is 2.19. The average molecular weight is 336 g/mol. The number of nitrogens with one attached hydrogen (secondary N) is 2. The van der Waals surface area contributed by atoms with Gasteiger partial charge in [-0.15, -0.1) is 0 Å². The largest absolute Gasteiger partial charge is 0.497 e. The molecule has 0 atom stereocenters. The molecule has 2 aromatic carbocycles. The van der Waals surface area contributed by atoms with E-state index in [1.165, 1.54) is 6.08 Å². The van der Waals surface area contributed by atoms with Crippen LogP contribution in [0.1, 0.15) is 28.8 Å². The summed E-state index contributed by atoms with van der Waals surface area (Å²) >= 11 is 0. The molecule has 25 heavy (non-hydrogen) atoms. The molecule has 3 rings (SSSR count). The van der Waals surface area contributed by atoms with E-state index >= 15 is 0 Å². The summed E-state index contributed by atoms with van der Waals surface area (Å²) in [6.45, 7) is 0. The van der Waals surface area contributed by atoms with Crippen LogP contribution in [0.5, 0.6) is 5.75 Å². The van der Waals surface area contributed by atoms with E-state index in [0.717, 1.165) is 24.2 Å². The highest BCUT2D eigenvalue weighted by molar-refractivity contribution is 6.02. The third kappa shape index (κ3) is 4.94. The maximum Gasteiger partial charge on any atom is 0.251 e. The Hall–Kier alpha value is -3.08. The standard InChI is InChI=1S/C20H20N2O3/c1-25-18-4-2-3-14(13-18)5-12-19(23)21-16-8-6-15(7-9-16)20(24)22-17-10-11-17/h2-9,12-13,17H,10-11H2,1H3,(H,21,23)(H,22,24)/b12-5+. The number of benzene rings is 2. The first-order valence-electron chi connectivity index (χ1n) is 8.18. The molecule has 0 aromatic heterocycles. The lowest BCUT2D eigenvalue weighted by Gasteiger charge is -2.05. The van der Waals surface area contributed by atoms with Crippen molar-refractivity contribution < 1.29 is 14.3 Å². The van der Waals surface area contributed by atoms with E-state index in [0.29, 0.717) is 17.3 Å². The molecule has 5 nitrogen and oxygen atoms in total. The molecule has 1 aliphatic carbocycles. The van der Waals surface area contributed by atoms with Crippen LogP contribution in [0.25, 0.3) is 6.08 Å². The van der Waals surface area contributed by atoms with E-state index in [9.17, 15) is 9.59 Å². The summed E-state index contributed by atoms with van der Waals surface area (Å²) in [6.07, 6.45) is 5.29. The third-order valence-corrected chi connectivity index (χ3v) is 3.85. The lowest BCUT2D eigenvalue weighted by Crippen LogP contribution is -2.25. The maximum atomic E-state index is 12.0. The number of ether oxygens (including phenoxy) is 1. The van der Waals surface area contributed by atoms with Gasteiger partial charge in [0.15, 0.2) is 0 Å². The predicted octanol–water partition coefficient (Wildman–Crippen LogP) is 3.24. The molecule has 128 valence electrons. The fraction of sp³-hybridized carbons (Fsp3) is 0.200. The Labute approximate surface area is 146 Å². The quantitative estimate of drug-likeness (QED) is 0.796. The third-order valence-electron chi connectivity index (χ3n) is 3.85. The number of hydrogen-bond donors (Lipinski definition) is 2. The molecule has 1 aliphatic rings. The second-order valence-electron chi connectivity index (χ2n) is 5.92. The molecule has 5 heteroatoms. The smallest absolute Gasteiger partial charge is 0.251 e. The molecule has 0 spiro atoms. The van der Waals surface area contributed by atoms with Crippen molar-refractivity contribution >= 4 is 23.6 Å². The highest BCUT2D eigenvalue weighted by atomic mass is 16.5. The van der Waals surface area contributed by atoms with Gasteiger partial charge in [0.05, 0.1) is 7.11 Å². The molecular weight excluding hydrogens is 316 g/mol.